The van der Waals surface area contributed by atoms with Gasteiger partial charge in [-0.15, -0.1) is 0 Å². The molecule has 2 heterocycles. The monoisotopic (exact) mass is 403 g/mol. The van der Waals surface area contributed by atoms with Crippen LogP contribution in [0.15, 0.2) is 51.9 Å². The van der Waals surface area contributed by atoms with Crippen molar-refractivity contribution in [3.8, 4) is 0 Å². The molecule has 6 heteroatoms. The van der Waals surface area contributed by atoms with Crippen LogP contribution >= 0.6 is 23.2 Å². The lowest BCUT2D eigenvalue weighted by atomic mass is 10.1. The van der Waals surface area contributed by atoms with E-state index in [-0.39, 0.29) is 5.43 Å². The van der Waals surface area contributed by atoms with Crippen molar-refractivity contribution in [2.45, 2.75) is 13.5 Å². The van der Waals surface area contributed by atoms with Crippen LogP contribution in [0.4, 0.5) is 5.69 Å². The summed E-state index contributed by atoms with van der Waals surface area (Å²) in [5.74, 6) is 0. The average molecular weight is 404 g/mol. The molecule has 0 amide bonds. The zero-order valence-corrected chi connectivity index (χ0v) is 16.6. The second-order valence-corrected chi connectivity index (χ2v) is 7.95. The highest BCUT2D eigenvalue weighted by molar-refractivity contribution is 6.38. The number of quaternary nitrogens is 1. The summed E-state index contributed by atoms with van der Waals surface area (Å²) >= 11 is 12.2. The van der Waals surface area contributed by atoms with Gasteiger partial charge in [0.1, 0.15) is 12.8 Å². The highest BCUT2D eigenvalue weighted by Crippen LogP contribution is 2.26. The number of anilines is 1. The first-order valence-electron chi connectivity index (χ1n) is 9.06. The minimum atomic E-state index is -0.0471. The van der Waals surface area contributed by atoms with Gasteiger partial charge in [0.05, 0.1) is 42.2 Å². The molecule has 1 N–H and O–H groups in total. The predicted octanol–water partition coefficient (Wildman–Crippen LogP) is 3.31. The Kier molecular flexibility index (Phi) is 5.13. The van der Waals surface area contributed by atoms with Gasteiger partial charge in [-0.2, -0.15) is 0 Å². The van der Waals surface area contributed by atoms with Gasteiger partial charge in [-0.3, -0.25) is 4.79 Å². The molecule has 4 nitrogen and oxygen atoms in total. The Morgan fingerprint density at radius 3 is 2.52 bits per heavy atom. The molecule has 4 rings (SSSR count). The fourth-order valence-electron chi connectivity index (χ4n) is 3.61. The third kappa shape index (κ3) is 3.84. The predicted molar refractivity (Wildman–Crippen MR) is 110 cm³/mol. The molecule has 0 spiro atoms. The van der Waals surface area contributed by atoms with Gasteiger partial charge in [0, 0.05) is 10.7 Å². The third-order valence-corrected chi connectivity index (χ3v) is 5.67. The average Bonchev–Trinajstić information content (AvgIpc) is 2.66. The van der Waals surface area contributed by atoms with Gasteiger partial charge in [0.2, 0.25) is 5.43 Å². The maximum Gasteiger partial charge on any atom is 0.201 e. The van der Waals surface area contributed by atoms with Gasteiger partial charge in [-0.05, 0) is 31.2 Å². The van der Waals surface area contributed by atoms with Crippen LogP contribution in [0.25, 0.3) is 11.0 Å². The van der Waals surface area contributed by atoms with E-state index in [1.54, 1.807) is 18.4 Å². The molecule has 1 fully saturated rings. The van der Waals surface area contributed by atoms with Crippen molar-refractivity contribution in [3.63, 3.8) is 0 Å². The van der Waals surface area contributed by atoms with E-state index < -0.39 is 0 Å². The van der Waals surface area contributed by atoms with Crippen molar-refractivity contribution in [1.29, 1.82) is 0 Å². The molecule has 1 saturated heterocycles. The Labute approximate surface area is 167 Å². The summed E-state index contributed by atoms with van der Waals surface area (Å²) in [4.78, 5) is 16.6. The Balaban J connectivity index is 1.48. The first-order valence-corrected chi connectivity index (χ1v) is 9.81. The molecule has 1 aromatic heterocycles. The first kappa shape index (κ1) is 18.4. The fourth-order valence-corrected chi connectivity index (χ4v) is 4.15. The zero-order valence-electron chi connectivity index (χ0n) is 15.1. The normalized spacial score (nSPS) is 15.4. The van der Waals surface area contributed by atoms with E-state index in [0.29, 0.717) is 33.1 Å². The second-order valence-electron chi connectivity index (χ2n) is 7.10. The number of halogens is 2. The third-order valence-electron chi connectivity index (χ3n) is 5.17. The Hall–Kier alpha value is -2.01. The van der Waals surface area contributed by atoms with E-state index in [1.807, 2.05) is 0 Å². The molecule has 3 aromatic rings. The molecule has 0 radical (unpaired) electrons. The van der Waals surface area contributed by atoms with E-state index in [1.165, 1.54) is 16.2 Å². The second kappa shape index (κ2) is 7.55. The van der Waals surface area contributed by atoms with E-state index in [4.69, 9.17) is 27.6 Å². The van der Waals surface area contributed by atoms with Crippen molar-refractivity contribution < 1.29 is 9.32 Å². The van der Waals surface area contributed by atoms with Gasteiger partial charge >= 0.3 is 0 Å². The number of aryl methyl sites for hydroxylation is 1. The SMILES string of the molecule is Cc1ccc(N2CC[NH+](Cc3coc4c(Cl)cc(Cl)cc4c3=O)CC2)cc1. The van der Waals surface area contributed by atoms with Crippen LogP contribution in [0, 0.1) is 6.92 Å². The Morgan fingerprint density at radius 1 is 1.11 bits per heavy atom. The van der Waals surface area contributed by atoms with Crippen LogP contribution in [0.3, 0.4) is 0 Å². The van der Waals surface area contributed by atoms with Gasteiger partial charge in [0.25, 0.3) is 0 Å². The van der Waals surface area contributed by atoms with Crippen LogP contribution in [-0.4, -0.2) is 26.2 Å². The summed E-state index contributed by atoms with van der Waals surface area (Å²) in [7, 11) is 0. The van der Waals surface area contributed by atoms with Crippen molar-refractivity contribution in [2.75, 3.05) is 31.1 Å². The van der Waals surface area contributed by atoms with Crippen molar-refractivity contribution in [1.82, 2.24) is 0 Å². The van der Waals surface area contributed by atoms with E-state index in [2.05, 4.69) is 36.1 Å². The number of nitrogens with one attached hydrogen (secondary N) is 1. The summed E-state index contributed by atoms with van der Waals surface area (Å²) in [5, 5.41) is 1.25. The minimum absolute atomic E-state index is 0.0471. The number of benzene rings is 2. The van der Waals surface area contributed by atoms with E-state index in [0.717, 1.165) is 26.2 Å². The molecule has 0 atom stereocenters. The number of nitrogens with zero attached hydrogens (tertiary/aromatic N) is 1. The summed E-state index contributed by atoms with van der Waals surface area (Å²) in [6.07, 6.45) is 1.55. The van der Waals surface area contributed by atoms with Gasteiger partial charge in [-0.1, -0.05) is 40.9 Å². The van der Waals surface area contributed by atoms with Crippen LogP contribution in [0.1, 0.15) is 11.1 Å². The quantitative estimate of drug-likeness (QED) is 0.728. The number of piperazine rings is 1. The highest BCUT2D eigenvalue weighted by Gasteiger charge is 2.22. The molecule has 27 heavy (non-hydrogen) atoms. The van der Waals surface area contributed by atoms with Gasteiger partial charge in [0.15, 0.2) is 5.58 Å². The molecule has 0 saturated carbocycles. The molecular weight excluding hydrogens is 383 g/mol. The minimum Gasteiger partial charge on any atom is -0.462 e. The highest BCUT2D eigenvalue weighted by atomic mass is 35.5. The largest absolute Gasteiger partial charge is 0.462 e. The number of fused-ring (bicyclic) bond motifs is 1. The van der Waals surface area contributed by atoms with Crippen LogP contribution < -0.4 is 15.2 Å². The smallest absolute Gasteiger partial charge is 0.201 e. The molecule has 1 aliphatic rings. The van der Waals surface area contributed by atoms with Crippen molar-refractivity contribution >= 4 is 39.9 Å². The lowest BCUT2D eigenvalue weighted by molar-refractivity contribution is -0.914. The maximum atomic E-state index is 12.8. The lowest BCUT2D eigenvalue weighted by Gasteiger charge is -2.33. The summed E-state index contributed by atoms with van der Waals surface area (Å²) < 4.78 is 5.64. The van der Waals surface area contributed by atoms with Crippen molar-refractivity contribution in [2.24, 2.45) is 0 Å². The summed E-state index contributed by atoms with van der Waals surface area (Å²) in [6, 6.07) is 11.8. The zero-order chi connectivity index (χ0) is 19.0. The maximum absolute atomic E-state index is 12.8. The Bertz CT molecular complexity index is 1020. The van der Waals surface area contributed by atoms with E-state index >= 15 is 0 Å². The number of hydrogen-bond acceptors (Lipinski definition) is 3. The molecule has 0 aliphatic carbocycles. The molecule has 2 aromatic carbocycles. The molecular formula is C21H21Cl2N2O2+. The van der Waals surface area contributed by atoms with Crippen LogP contribution in [-0.2, 0) is 6.54 Å². The number of hydrogen-bond donors (Lipinski definition) is 1. The number of rotatable bonds is 3. The van der Waals surface area contributed by atoms with Gasteiger partial charge in [-0.25, -0.2) is 0 Å². The molecule has 140 valence electrons. The molecule has 0 bridgehead atoms. The molecule has 1 aliphatic heterocycles. The topological polar surface area (TPSA) is 37.9 Å². The Morgan fingerprint density at radius 2 is 1.81 bits per heavy atom. The standard InChI is InChI=1S/C21H20Cl2N2O2/c1-14-2-4-17(5-3-14)25-8-6-24(7-9-25)12-15-13-27-21-18(20(15)26)10-16(22)11-19(21)23/h2-5,10-11,13H,6-9,12H2,1H3/p+1. The van der Waals surface area contributed by atoms with Crippen LogP contribution in [0.5, 0.6) is 0 Å². The van der Waals surface area contributed by atoms with Crippen LogP contribution in [0.2, 0.25) is 10.0 Å². The van der Waals surface area contributed by atoms with Gasteiger partial charge < -0.3 is 14.2 Å². The summed E-state index contributed by atoms with van der Waals surface area (Å²) in [5.41, 5.74) is 3.54. The molecule has 0 unspecified atom stereocenters. The van der Waals surface area contributed by atoms with E-state index in [9.17, 15) is 4.79 Å². The first-order chi connectivity index (χ1) is 13.0. The van der Waals surface area contributed by atoms with Crippen molar-refractivity contribution in [3.05, 3.63) is 74.1 Å². The lowest BCUT2D eigenvalue weighted by Crippen LogP contribution is -3.13. The fraction of sp³-hybridized carbons (Fsp3) is 0.286. The summed E-state index contributed by atoms with van der Waals surface area (Å²) in [6.45, 7) is 6.62.